The Morgan fingerprint density at radius 3 is 1.92 bits per heavy atom. The van der Waals surface area contributed by atoms with Gasteiger partial charge in [-0.3, -0.25) is 24.5 Å². The zero-order chi connectivity index (χ0) is 27.9. The number of amides is 1. The lowest BCUT2D eigenvalue weighted by molar-refractivity contribution is -0.256. The summed E-state index contributed by atoms with van der Waals surface area (Å²) in [6.45, 7) is 10.4. The van der Waals surface area contributed by atoms with E-state index in [1.54, 1.807) is 0 Å². The zero-order valence-electron chi connectivity index (χ0n) is 22.5. The van der Waals surface area contributed by atoms with Gasteiger partial charge in [0, 0.05) is 27.7 Å². The van der Waals surface area contributed by atoms with E-state index in [0.29, 0.717) is 18.3 Å². The molecule has 0 aromatic carbocycles. The van der Waals surface area contributed by atoms with E-state index in [-0.39, 0.29) is 18.6 Å². The largest absolute Gasteiger partial charge is 0.463 e. The van der Waals surface area contributed by atoms with Crippen LogP contribution in [0, 0.1) is 17.8 Å². The zero-order valence-corrected chi connectivity index (χ0v) is 22.5. The van der Waals surface area contributed by atoms with Crippen LogP contribution < -0.4 is 5.32 Å². The third kappa shape index (κ3) is 9.17. The molecular weight excluding hydrogens is 490 g/mol. The van der Waals surface area contributed by atoms with Gasteiger partial charge in [-0.05, 0) is 30.6 Å². The maximum absolute atomic E-state index is 13.0. The van der Waals surface area contributed by atoms with E-state index < -0.39 is 60.6 Å². The Balaban J connectivity index is 2.33. The summed E-state index contributed by atoms with van der Waals surface area (Å²) in [5.74, 6) is -2.02. The van der Waals surface area contributed by atoms with Crippen LogP contribution in [0.25, 0.3) is 0 Å². The molecule has 1 saturated heterocycles. The number of rotatable bonds is 8. The molecule has 2 fully saturated rings. The van der Waals surface area contributed by atoms with Crippen molar-refractivity contribution in [2.45, 2.75) is 104 Å². The van der Waals surface area contributed by atoms with Gasteiger partial charge in [0.1, 0.15) is 18.8 Å². The fourth-order valence-corrected chi connectivity index (χ4v) is 4.88. The van der Waals surface area contributed by atoms with Gasteiger partial charge in [-0.25, -0.2) is 4.79 Å². The molecule has 1 aliphatic carbocycles. The Morgan fingerprint density at radius 1 is 0.811 bits per heavy atom. The number of hydrogen-bond donors (Lipinski definition) is 1. The summed E-state index contributed by atoms with van der Waals surface area (Å²) in [6, 6.07) is 0. The average Bonchev–Trinajstić information content (AvgIpc) is 2.75. The summed E-state index contributed by atoms with van der Waals surface area (Å²) in [4.78, 5) is 60.1. The lowest BCUT2D eigenvalue weighted by Crippen LogP contribution is -2.66. The van der Waals surface area contributed by atoms with E-state index in [1.165, 1.54) is 6.92 Å². The van der Waals surface area contributed by atoms with Crippen LogP contribution in [0.2, 0.25) is 0 Å². The van der Waals surface area contributed by atoms with Gasteiger partial charge in [0.25, 0.3) is 0 Å². The molecule has 0 aromatic rings. The van der Waals surface area contributed by atoms with Crippen molar-refractivity contribution in [3.8, 4) is 0 Å². The van der Waals surface area contributed by atoms with E-state index in [4.69, 9.17) is 28.4 Å². The molecule has 0 unspecified atom stereocenters. The second-order valence-corrected chi connectivity index (χ2v) is 10.0. The lowest BCUT2D eigenvalue weighted by Gasteiger charge is -2.44. The lowest BCUT2D eigenvalue weighted by atomic mass is 9.75. The molecule has 12 heteroatoms. The first-order valence-corrected chi connectivity index (χ1v) is 12.6. The van der Waals surface area contributed by atoms with Crippen molar-refractivity contribution in [1.29, 1.82) is 0 Å². The van der Waals surface area contributed by atoms with E-state index in [1.807, 2.05) is 0 Å². The van der Waals surface area contributed by atoms with Crippen LogP contribution >= 0.6 is 0 Å². The average molecular weight is 530 g/mol. The highest BCUT2D eigenvalue weighted by atomic mass is 16.7. The SMILES string of the molecule is CC(=O)OC[C@H]1O[C@@H](NC(=O)O[C@H]2C[C@@H](C)CC[C@@H]2C(C)C)[C@H](OC(C)=O)[C@@H](OC(C)=O)[C@@H]1OC(C)=O. The predicted octanol–water partition coefficient (Wildman–Crippen LogP) is 2.26. The Morgan fingerprint density at radius 2 is 1.38 bits per heavy atom. The maximum atomic E-state index is 13.0. The number of ether oxygens (including phenoxy) is 6. The first-order chi connectivity index (χ1) is 17.3. The topological polar surface area (TPSA) is 153 Å². The minimum Gasteiger partial charge on any atom is -0.463 e. The summed E-state index contributed by atoms with van der Waals surface area (Å²) in [5.41, 5.74) is 0. The van der Waals surface area contributed by atoms with Crippen LogP contribution in [0.3, 0.4) is 0 Å². The van der Waals surface area contributed by atoms with Crippen molar-refractivity contribution in [3.05, 3.63) is 0 Å². The molecule has 12 nitrogen and oxygen atoms in total. The van der Waals surface area contributed by atoms with Crippen LogP contribution in [-0.2, 0) is 47.6 Å². The van der Waals surface area contributed by atoms with Gasteiger partial charge in [0.15, 0.2) is 24.5 Å². The number of carbonyl (C=O) groups is 5. The fourth-order valence-electron chi connectivity index (χ4n) is 4.88. The van der Waals surface area contributed by atoms with Crippen LogP contribution in [0.5, 0.6) is 0 Å². The summed E-state index contributed by atoms with van der Waals surface area (Å²) < 4.78 is 32.8. The first-order valence-electron chi connectivity index (χ1n) is 12.6. The molecule has 1 N–H and O–H groups in total. The molecule has 2 rings (SSSR count). The summed E-state index contributed by atoms with van der Waals surface area (Å²) in [5, 5.41) is 2.56. The Bertz CT molecular complexity index is 844. The molecule has 0 spiro atoms. The molecular formula is C25H39NO11. The number of alkyl carbamates (subject to hydrolysis) is 1. The normalized spacial score (nSPS) is 31.6. The maximum Gasteiger partial charge on any atom is 0.409 e. The molecule has 0 aromatic heterocycles. The Hall–Kier alpha value is -2.89. The molecule has 0 bridgehead atoms. The Labute approximate surface area is 217 Å². The van der Waals surface area contributed by atoms with Gasteiger partial charge in [0.2, 0.25) is 0 Å². The summed E-state index contributed by atoms with van der Waals surface area (Å²) in [6.07, 6.45) is -5.06. The highest BCUT2D eigenvalue weighted by Crippen LogP contribution is 2.35. The molecule has 1 aliphatic heterocycles. The summed E-state index contributed by atoms with van der Waals surface area (Å²) in [7, 11) is 0. The third-order valence-electron chi connectivity index (χ3n) is 6.47. The van der Waals surface area contributed by atoms with Crippen molar-refractivity contribution in [3.63, 3.8) is 0 Å². The first kappa shape index (κ1) is 30.3. The smallest absolute Gasteiger partial charge is 0.409 e. The standard InChI is InChI=1S/C25H39NO11/c1-12(2)18-9-8-13(3)10-19(18)37-25(31)26-24-23(35-17(7)30)22(34-16(6)29)21(33-15(5)28)20(36-24)11-32-14(4)27/h12-13,18-24H,8-11H2,1-7H3,(H,26,31)/t13-,18+,19-,20+,21+,22-,23+,24+/m0/s1. The minimum atomic E-state index is -1.39. The minimum absolute atomic E-state index is 0.178. The molecule has 210 valence electrons. The van der Waals surface area contributed by atoms with E-state index in [2.05, 4.69) is 26.1 Å². The molecule has 2 aliphatic rings. The van der Waals surface area contributed by atoms with Crippen molar-refractivity contribution in [2.75, 3.05) is 6.61 Å². The highest BCUT2D eigenvalue weighted by molar-refractivity contribution is 5.70. The number of carbonyl (C=O) groups excluding carboxylic acids is 5. The molecule has 1 saturated carbocycles. The summed E-state index contributed by atoms with van der Waals surface area (Å²) >= 11 is 0. The van der Waals surface area contributed by atoms with Gasteiger partial charge in [-0.1, -0.05) is 27.2 Å². The van der Waals surface area contributed by atoms with Crippen molar-refractivity contribution < 1.29 is 52.4 Å². The van der Waals surface area contributed by atoms with E-state index in [0.717, 1.165) is 33.6 Å². The molecule has 8 atom stereocenters. The number of esters is 4. The van der Waals surface area contributed by atoms with Gasteiger partial charge < -0.3 is 28.4 Å². The molecule has 0 radical (unpaired) electrons. The van der Waals surface area contributed by atoms with Crippen LogP contribution in [0.1, 0.15) is 67.7 Å². The predicted molar refractivity (Wildman–Crippen MR) is 127 cm³/mol. The second-order valence-electron chi connectivity index (χ2n) is 10.0. The molecule has 1 amide bonds. The Kier molecular flexibility index (Phi) is 11.1. The van der Waals surface area contributed by atoms with Crippen molar-refractivity contribution in [1.82, 2.24) is 5.32 Å². The van der Waals surface area contributed by atoms with Gasteiger partial charge in [-0.2, -0.15) is 0 Å². The van der Waals surface area contributed by atoms with Crippen LogP contribution in [0.15, 0.2) is 0 Å². The second kappa shape index (κ2) is 13.6. The molecule has 1 heterocycles. The number of hydrogen-bond acceptors (Lipinski definition) is 11. The monoisotopic (exact) mass is 529 g/mol. The van der Waals surface area contributed by atoms with Crippen LogP contribution in [-0.4, -0.2) is 73.3 Å². The van der Waals surface area contributed by atoms with E-state index >= 15 is 0 Å². The van der Waals surface area contributed by atoms with E-state index in [9.17, 15) is 24.0 Å². The fraction of sp³-hybridized carbons (Fsp3) is 0.800. The van der Waals surface area contributed by atoms with Gasteiger partial charge in [-0.15, -0.1) is 0 Å². The quantitative estimate of drug-likeness (QED) is 0.364. The van der Waals surface area contributed by atoms with Crippen molar-refractivity contribution >= 4 is 30.0 Å². The molecule has 37 heavy (non-hydrogen) atoms. The van der Waals surface area contributed by atoms with Gasteiger partial charge >= 0.3 is 30.0 Å². The van der Waals surface area contributed by atoms with Crippen molar-refractivity contribution in [2.24, 2.45) is 17.8 Å². The third-order valence-corrected chi connectivity index (χ3v) is 6.47. The number of nitrogens with one attached hydrogen (secondary N) is 1. The highest BCUT2D eigenvalue weighted by Gasteiger charge is 2.53. The van der Waals surface area contributed by atoms with Crippen LogP contribution in [0.4, 0.5) is 4.79 Å². The van der Waals surface area contributed by atoms with Gasteiger partial charge in [0.05, 0.1) is 0 Å².